The quantitative estimate of drug-likeness (QED) is 0.482. The number of carbonyl (C=O) groups is 1. The average molecular weight is 399 g/mol. The second kappa shape index (κ2) is 9.05. The SMILES string of the molecule is CCCCNC1CCS(=O)(=O)C2(CC(CNC(=O)CC3=CCOCC3)C2)C1. The van der Waals surface area contributed by atoms with Crippen LogP contribution in [0.15, 0.2) is 11.6 Å². The maximum atomic E-state index is 12.7. The lowest BCUT2D eigenvalue weighted by Gasteiger charge is -2.51. The molecule has 3 aliphatic rings. The van der Waals surface area contributed by atoms with E-state index in [1.165, 1.54) is 0 Å². The fourth-order valence-electron chi connectivity index (χ4n) is 4.66. The van der Waals surface area contributed by atoms with Gasteiger partial charge in [-0.3, -0.25) is 4.79 Å². The van der Waals surface area contributed by atoms with Crippen LogP contribution < -0.4 is 10.6 Å². The van der Waals surface area contributed by atoms with Crippen molar-refractivity contribution in [3.05, 3.63) is 11.6 Å². The molecule has 6 nitrogen and oxygen atoms in total. The summed E-state index contributed by atoms with van der Waals surface area (Å²) in [5.41, 5.74) is 1.14. The number of rotatable bonds is 8. The highest BCUT2D eigenvalue weighted by Gasteiger charge is 2.56. The molecule has 1 saturated heterocycles. The Hall–Kier alpha value is -0.920. The molecule has 2 aliphatic heterocycles. The molecule has 0 bridgehead atoms. The van der Waals surface area contributed by atoms with Gasteiger partial charge in [-0.2, -0.15) is 0 Å². The molecule has 27 heavy (non-hydrogen) atoms. The highest BCUT2D eigenvalue weighted by molar-refractivity contribution is 7.92. The number of ether oxygens (including phenoxy) is 1. The zero-order valence-corrected chi connectivity index (χ0v) is 17.3. The first-order chi connectivity index (χ1) is 12.9. The first-order valence-corrected chi connectivity index (χ1v) is 12.1. The normalized spacial score (nSPS) is 32.6. The summed E-state index contributed by atoms with van der Waals surface area (Å²) in [5, 5.41) is 6.55. The van der Waals surface area contributed by atoms with E-state index in [-0.39, 0.29) is 11.8 Å². The molecule has 0 aromatic carbocycles. The molecule has 2 heterocycles. The van der Waals surface area contributed by atoms with E-state index in [9.17, 15) is 13.2 Å². The number of nitrogens with one attached hydrogen (secondary N) is 2. The molecule has 2 N–H and O–H groups in total. The van der Waals surface area contributed by atoms with Gasteiger partial charge in [-0.1, -0.05) is 25.0 Å². The number of unbranched alkanes of at least 4 members (excludes halogenated alkanes) is 1. The van der Waals surface area contributed by atoms with Crippen LogP contribution >= 0.6 is 0 Å². The van der Waals surface area contributed by atoms with E-state index < -0.39 is 14.6 Å². The molecule has 1 aliphatic carbocycles. The first kappa shape index (κ1) is 20.8. The largest absolute Gasteiger partial charge is 0.377 e. The number of carbonyl (C=O) groups excluding carboxylic acids is 1. The minimum absolute atomic E-state index is 0.0368. The summed E-state index contributed by atoms with van der Waals surface area (Å²) in [6, 6.07) is 0.316. The molecule has 3 rings (SSSR count). The molecule has 2 fully saturated rings. The van der Waals surface area contributed by atoms with Gasteiger partial charge in [-0.05, 0) is 51.0 Å². The van der Waals surface area contributed by atoms with E-state index in [0.717, 1.165) is 44.2 Å². The standard InChI is InChI=1S/C20H34N2O4S/c1-2-3-7-21-18-6-10-27(24,25)20(14-18)12-17(13-20)15-22-19(23)11-16-4-8-26-9-5-16/h4,17-18,21H,2-3,5-15H2,1H3,(H,22,23). The van der Waals surface area contributed by atoms with E-state index in [4.69, 9.17) is 4.74 Å². The molecule has 1 unspecified atom stereocenters. The van der Waals surface area contributed by atoms with E-state index in [2.05, 4.69) is 17.6 Å². The van der Waals surface area contributed by atoms with Crippen molar-refractivity contribution in [1.82, 2.24) is 10.6 Å². The van der Waals surface area contributed by atoms with E-state index in [0.29, 0.717) is 50.8 Å². The number of amides is 1. The maximum Gasteiger partial charge on any atom is 0.224 e. The van der Waals surface area contributed by atoms with Crippen LogP contribution in [-0.4, -0.2) is 57.2 Å². The van der Waals surface area contributed by atoms with Crippen molar-refractivity contribution in [1.29, 1.82) is 0 Å². The monoisotopic (exact) mass is 398 g/mol. The van der Waals surface area contributed by atoms with E-state index in [1.54, 1.807) is 0 Å². The third-order valence-electron chi connectivity index (χ3n) is 6.33. The zero-order valence-electron chi connectivity index (χ0n) is 16.5. The maximum absolute atomic E-state index is 12.7. The van der Waals surface area contributed by atoms with Crippen molar-refractivity contribution in [2.24, 2.45) is 5.92 Å². The van der Waals surface area contributed by atoms with Crippen molar-refractivity contribution < 1.29 is 17.9 Å². The molecule has 7 heteroatoms. The van der Waals surface area contributed by atoms with E-state index in [1.807, 2.05) is 6.08 Å². The summed E-state index contributed by atoms with van der Waals surface area (Å²) in [7, 11) is -3.02. The Morgan fingerprint density at radius 2 is 2.15 bits per heavy atom. The Kier molecular flexibility index (Phi) is 6.98. The molecular weight excluding hydrogens is 364 g/mol. The third-order valence-corrected chi connectivity index (χ3v) is 8.92. The Morgan fingerprint density at radius 3 is 2.85 bits per heavy atom. The number of sulfone groups is 1. The fourth-order valence-corrected chi connectivity index (χ4v) is 7.12. The lowest BCUT2D eigenvalue weighted by molar-refractivity contribution is -0.120. The minimum Gasteiger partial charge on any atom is -0.377 e. The first-order valence-electron chi connectivity index (χ1n) is 10.4. The second-order valence-electron chi connectivity index (χ2n) is 8.44. The summed E-state index contributed by atoms with van der Waals surface area (Å²) < 4.78 is 30.1. The van der Waals surface area contributed by atoms with Gasteiger partial charge in [0.15, 0.2) is 9.84 Å². The highest BCUT2D eigenvalue weighted by atomic mass is 32.2. The molecule has 0 radical (unpaired) electrons. The molecule has 0 aromatic heterocycles. The minimum atomic E-state index is -3.02. The van der Waals surface area contributed by atoms with Crippen LogP contribution in [0.5, 0.6) is 0 Å². The average Bonchev–Trinajstić information content (AvgIpc) is 2.61. The van der Waals surface area contributed by atoms with Crippen molar-refractivity contribution in [2.75, 3.05) is 32.1 Å². The van der Waals surface area contributed by atoms with Gasteiger partial charge >= 0.3 is 0 Å². The van der Waals surface area contributed by atoms with Crippen molar-refractivity contribution in [3.8, 4) is 0 Å². The highest BCUT2D eigenvalue weighted by Crippen LogP contribution is 2.49. The van der Waals surface area contributed by atoms with Crippen LogP contribution in [0.1, 0.15) is 58.3 Å². The molecule has 1 saturated carbocycles. The van der Waals surface area contributed by atoms with Gasteiger partial charge in [0.05, 0.1) is 23.7 Å². The molecule has 1 atom stereocenters. The van der Waals surface area contributed by atoms with Gasteiger partial charge in [0.25, 0.3) is 0 Å². The molecule has 1 spiro atoms. The summed E-state index contributed by atoms with van der Waals surface area (Å²) in [4.78, 5) is 12.1. The molecule has 0 aromatic rings. The Bertz CT molecular complexity index is 653. The van der Waals surface area contributed by atoms with Crippen LogP contribution in [0.3, 0.4) is 0 Å². The lowest BCUT2D eigenvalue weighted by Crippen LogP contribution is -2.59. The fraction of sp³-hybridized carbons (Fsp3) is 0.850. The van der Waals surface area contributed by atoms with Crippen LogP contribution in [0.25, 0.3) is 0 Å². The van der Waals surface area contributed by atoms with Crippen LogP contribution in [-0.2, 0) is 19.4 Å². The predicted molar refractivity (Wildman–Crippen MR) is 106 cm³/mol. The van der Waals surface area contributed by atoms with Crippen molar-refractivity contribution in [2.45, 2.75) is 69.1 Å². The van der Waals surface area contributed by atoms with Crippen LogP contribution in [0, 0.1) is 5.92 Å². The van der Waals surface area contributed by atoms with Gasteiger partial charge in [-0.25, -0.2) is 8.42 Å². The lowest BCUT2D eigenvalue weighted by atomic mass is 9.70. The molecule has 154 valence electrons. The third kappa shape index (κ3) is 5.12. The predicted octanol–water partition coefficient (Wildman–Crippen LogP) is 1.96. The van der Waals surface area contributed by atoms with Gasteiger partial charge in [-0.15, -0.1) is 0 Å². The summed E-state index contributed by atoms with van der Waals surface area (Å²) in [6.45, 7) is 5.01. The van der Waals surface area contributed by atoms with Gasteiger partial charge in [0, 0.05) is 19.0 Å². The second-order valence-corrected chi connectivity index (χ2v) is 10.9. The number of hydrogen-bond donors (Lipinski definition) is 2. The van der Waals surface area contributed by atoms with Crippen molar-refractivity contribution >= 4 is 15.7 Å². The Labute approximate surface area is 163 Å². The Morgan fingerprint density at radius 1 is 1.33 bits per heavy atom. The number of hydrogen-bond acceptors (Lipinski definition) is 5. The smallest absolute Gasteiger partial charge is 0.224 e. The summed E-state index contributed by atoms with van der Waals surface area (Å²) in [6.07, 6.45) is 8.37. The van der Waals surface area contributed by atoms with Crippen LogP contribution in [0.4, 0.5) is 0 Å². The summed E-state index contributed by atoms with van der Waals surface area (Å²) in [5.74, 6) is 0.614. The Balaban J connectivity index is 1.44. The van der Waals surface area contributed by atoms with Crippen LogP contribution in [0.2, 0.25) is 0 Å². The van der Waals surface area contributed by atoms with Gasteiger partial charge < -0.3 is 15.4 Å². The topological polar surface area (TPSA) is 84.5 Å². The zero-order chi connectivity index (χ0) is 19.3. The summed E-state index contributed by atoms with van der Waals surface area (Å²) >= 11 is 0. The van der Waals surface area contributed by atoms with E-state index >= 15 is 0 Å². The van der Waals surface area contributed by atoms with Gasteiger partial charge in [0.1, 0.15) is 0 Å². The van der Waals surface area contributed by atoms with Gasteiger partial charge in [0.2, 0.25) is 5.91 Å². The molecule has 1 amide bonds. The van der Waals surface area contributed by atoms with Crippen molar-refractivity contribution in [3.63, 3.8) is 0 Å². The molecular formula is C20H34N2O4S.